The van der Waals surface area contributed by atoms with E-state index in [9.17, 15) is 9.59 Å². The molecule has 1 aliphatic rings. The number of furan rings is 1. The van der Waals surface area contributed by atoms with E-state index in [4.69, 9.17) is 4.42 Å². The molecule has 6 heteroatoms. The molecular formula is C21H31N3O3. The summed E-state index contributed by atoms with van der Waals surface area (Å²) in [5.74, 6) is 7.65. The molecule has 0 unspecified atom stereocenters. The highest BCUT2D eigenvalue weighted by Crippen LogP contribution is 2.23. The number of likely N-dealkylation sites (tertiary alicyclic amines) is 1. The van der Waals surface area contributed by atoms with Gasteiger partial charge in [-0.1, -0.05) is 26.7 Å². The molecule has 6 nitrogen and oxygen atoms in total. The summed E-state index contributed by atoms with van der Waals surface area (Å²) in [4.78, 5) is 27.1. The molecule has 0 aromatic carbocycles. The van der Waals surface area contributed by atoms with Crippen LogP contribution >= 0.6 is 0 Å². The average molecular weight is 373 g/mol. The van der Waals surface area contributed by atoms with E-state index in [2.05, 4.69) is 22.5 Å². The normalized spacial score (nSPS) is 19.6. The van der Waals surface area contributed by atoms with Crippen molar-refractivity contribution in [3.63, 3.8) is 0 Å². The van der Waals surface area contributed by atoms with Gasteiger partial charge in [0.15, 0.2) is 0 Å². The van der Waals surface area contributed by atoms with Gasteiger partial charge in [-0.2, -0.15) is 0 Å². The van der Waals surface area contributed by atoms with Crippen LogP contribution in [0.5, 0.6) is 0 Å². The van der Waals surface area contributed by atoms with Crippen molar-refractivity contribution in [3.05, 3.63) is 23.2 Å². The predicted molar refractivity (Wildman–Crippen MR) is 106 cm³/mol. The van der Waals surface area contributed by atoms with Crippen molar-refractivity contribution >= 4 is 11.8 Å². The lowest BCUT2D eigenvalue weighted by atomic mass is 10.1. The fraction of sp³-hybridized carbons (Fsp3) is 0.619. The standard InChI is InChI=1S/C21H31N3O3/c1-6-8-9-10-24-13-16(11-18(24)21(26)22-7-2)23-20(25)17-12-19(14(3)4)27-15(17)5/h12,14,16,18H,6-7,10-11,13H2,1-5H3,(H,22,26)(H,23,25)/t16-,18-/m0/s1. The van der Waals surface area contributed by atoms with Crippen LogP contribution in [-0.2, 0) is 4.79 Å². The molecule has 27 heavy (non-hydrogen) atoms. The molecule has 0 bridgehead atoms. The summed E-state index contributed by atoms with van der Waals surface area (Å²) in [6, 6.07) is 1.46. The zero-order valence-electron chi connectivity index (χ0n) is 17.0. The van der Waals surface area contributed by atoms with Crippen molar-refractivity contribution in [1.29, 1.82) is 0 Å². The molecule has 148 valence electrons. The number of likely N-dealkylation sites (N-methyl/N-ethyl adjacent to an activating group) is 1. The van der Waals surface area contributed by atoms with Gasteiger partial charge in [-0.25, -0.2) is 0 Å². The number of aryl methyl sites for hydroxylation is 1. The Morgan fingerprint density at radius 2 is 2.07 bits per heavy atom. The summed E-state index contributed by atoms with van der Waals surface area (Å²) in [6.07, 6.45) is 1.37. The monoisotopic (exact) mass is 373 g/mol. The minimum Gasteiger partial charge on any atom is -0.465 e. The van der Waals surface area contributed by atoms with Crippen LogP contribution in [0.1, 0.15) is 68.3 Å². The third-order valence-electron chi connectivity index (χ3n) is 4.73. The SMILES string of the molecule is CCC#CCN1C[C@@H](NC(=O)c2cc(C(C)C)oc2C)C[C@H]1C(=O)NCC. The van der Waals surface area contributed by atoms with Crippen LogP contribution in [0.25, 0.3) is 0 Å². The number of carbonyl (C=O) groups excluding carboxylic acids is 2. The number of nitrogens with one attached hydrogen (secondary N) is 2. The smallest absolute Gasteiger partial charge is 0.255 e. The summed E-state index contributed by atoms with van der Waals surface area (Å²) in [6.45, 7) is 11.5. The van der Waals surface area contributed by atoms with E-state index in [-0.39, 0.29) is 29.8 Å². The number of nitrogens with zero attached hydrogens (tertiary/aromatic N) is 1. The van der Waals surface area contributed by atoms with Crippen LogP contribution in [0, 0.1) is 18.8 Å². The van der Waals surface area contributed by atoms with Crippen LogP contribution in [0.2, 0.25) is 0 Å². The Labute approximate surface area is 162 Å². The van der Waals surface area contributed by atoms with Gasteiger partial charge >= 0.3 is 0 Å². The first-order valence-electron chi connectivity index (χ1n) is 9.75. The largest absolute Gasteiger partial charge is 0.465 e. The molecule has 1 fully saturated rings. The predicted octanol–water partition coefficient (Wildman–Crippen LogP) is 2.43. The number of hydrogen-bond donors (Lipinski definition) is 2. The van der Waals surface area contributed by atoms with Gasteiger partial charge in [-0.15, -0.1) is 5.92 Å². The minimum atomic E-state index is -0.266. The van der Waals surface area contributed by atoms with Crippen molar-refractivity contribution < 1.29 is 14.0 Å². The van der Waals surface area contributed by atoms with E-state index in [1.165, 1.54) is 0 Å². The first-order chi connectivity index (χ1) is 12.9. The summed E-state index contributed by atoms with van der Waals surface area (Å²) in [5.41, 5.74) is 0.567. The topological polar surface area (TPSA) is 74.6 Å². The highest BCUT2D eigenvalue weighted by molar-refractivity contribution is 5.95. The maximum absolute atomic E-state index is 12.7. The Morgan fingerprint density at radius 3 is 2.67 bits per heavy atom. The van der Waals surface area contributed by atoms with Crippen molar-refractivity contribution in [2.45, 2.75) is 65.5 Å². The van der Waals surface area contributed by atoms with Crippen LogP contribution in [0.3, 0.4) is 0 Å². The average Bonchev–Trinajstić information content (AvgIpc) is 3.19. The van der Waals surface area contributed by atoms with Gasteiger partial charge < -0.3 is 15.1 Å². The Bertz CT molecular complexity index is 727. The van der Waals surface area contributed by atoms with E-state index in [0.29, 0.717) is 37.4 Å². The molecule has 0 aliphatic carbocycles. The van der Waals surface area contributed by atoms with Crippen molar-refractivity contribution in [2.24, 2.45) is 0 Å². The lowest BCUT2D eigenvalue weighted by Gasteiger charge is -2.20. The molecule has 0 saturated carbocycles. The van der Waals surface area contributed by atoms with E-state index < -0.39 is 0 Å². The second-order valence-electron chi connectivity index (χ2n) is 7.23. The highest BCUT2D eigenvalue weighted by atomic mass is 16.3. The maximum Gasteiger partial charge on any atom is 0.255 e. The fourth-order valence-corrected chi connectivity index (χ4v) is 3.31. The van der Waals surface area contributed by atoms with E-state index >= 15 is 0 Å². The molecule has 1 aromatic heterocycles. The Hall–Kier alpha value is -2.26. The van der Waals surface area contributed by atoms with Crippen LogP contribution in [-0.4, -0.2) is 48.4 Å². The second kappa shape index (κ2) is 9.61. The lowest BCUT2D eigenvalue weighted by molar-refractivity contribution is -0.125. The molecule has 1 aliphatic heterocycles. The molecule has 1 aromatic rings. The van der Waals surface area contributed by atoms with E-state index in [1.54, 1.807) is 6.92 Å². The first kappa shape index (κ1) is 21.0. The molecule has 0 radical (unpaired) electrons. The van der Waals surface area contributed by atoms with Gasteiger partial charge in [0.05, 0.1) is 18.2 Å². The number of hydrogen-bond acceptors (Lipinski definition) is 4. The number of amides is 2. The molecule has 2 heterocycles. The highest BCUT2D eigenvalue weighted by Gasteiger charge is 2.37. The molecule has 1 saturated heterocycles. The van der Waals surface area contributed by atoms with Crippen molar-refractivity contribution in [2.75, 3.05) is 19.6 Å². The maximum atomic E-state index is 12.7. The van der Waals surface area contributed by atoms with Crippen LogP contribution in [0.4, 0.5) is 0 Å². The number of carbonyl (C=O) groups is 2. The van der Waals surface area contributed by atoms with E-state index in [0.717, 1.165) is 12.2 Å². The van der Waals surface area contributed by atoms with Gasteiger partial charge in [0.25, 0.3) is 5.91 Å². The van der Waals surface area contributed by atoms with E-state index in [1.807, 2.05) is 38.7 Å². The minimum absolute atomic E-state index is 0.00543. The Kier molecular flexibility index (Phi) is 7.49. The first-order valence-corrected chi connectivity index (χ1v) is 9.75. The molecule has 2 atom stereocenters. The summed E-state index contributed by atoms with van der Waals surface area (Å²) in [5, 5.41) is 5.95. The summed E-state index contributed by atoms with van der Waals surface area (Å²) < 4.78 is 5.69. The van der Waals surface area contributed by atoms with Gasteiger partial charge in [-0.3, -0.25) is 14.5 Å². The lowest BCUT2D eigenvalue weighted by Crippen LogP contribution is -2.43. The third-order valence-corrected chi connectivity index (χ3v) is 4.73. The van der Waals surface area contributed by atoms with Gasteiger partial charge in [0.1, 0.15) is 11.5 Å². The zero-order valence-corrected chi connectivity index (χ0v) is 17.0. The Balaban J connectivity index is 2.07. The summed E-state index contributed by atoms with van der Waals surface area (Å²) in [7, 11) is 0. The van der Waals surface area contributed by atoms with Crippen molar-refractivity contribution in [1.82, 2.24) is 15.5 Å². The van der Waals surface area contributed by atoms with Crippen LogP contribution < -0.4 is 10.6 Å². The third kappa shape index (κ3) is 5.36. The Morgan fingerprint density at radius 1 is 1.33 bits per heavy atom. The van der Waals surface area contributed by atoms with Gasteiger partial charge in [0.2, 0.25) is 5.91 Å². The van der Waals surface area contributed by atoms with Crippen LogP contribution in [0.15, 0.2) is 10.5 Å². The molecule has 0 spiro atoms. The molecule has 2 N–H and O–H groups in total. The zero-order chi connectivity index (χ0) is 20.0. The van der Waals surface area contributed by atoms with Gasteiger partial charge in [0, 0.05) is 31.5 Å². The summed E-state index contributed by atoms with van der Waals surface area (Å²) >= 11 is 0. The quantitative estimate of drug-likeness (QED) is 0.751. The second-order valence-corrected chi connectivity index (χ2v) is 7.23. The fourth-order valence-electron chi connectivity index (χ4n) is 3.31. The molecule has 2 amide bonds. The van der Waals surface area contributed by atoms with Crippen molar-refractivity contribution in [3.8, 4) is 11.8 Å². The number of rotatable bonds is 6. The van der Waals surface area contributed by atoms with Gasteiger partial charge in [-0.05, 0) is 26.3 Å². The molecule has 2 rings (SSSR count). The molecular weight excluding hydrogens is 342 g/mol.